The van der Waals surface area contributed by atoms with E-state index in [0.29, 0.717) is 27.8 Å². The van der Waals surface area contributed by atoms with Crippen molar-refractivity contribution in [3.05, 3.63) is 40.4 Å². The Bertz CT molecular complexity index is 661. The lowest BCUT2D eigenvalue weighted by molar-refractivity contribution is -0.729. The molecule has 2 rings (SSSR count). The summed E-state index contributed by atoms with van der Waals surface area (Å²) in [5.74, 6) is 0.776. The minimum atomic E-state index is -0.224. The second kappa shape index (κ2) is 5.75. The van der Waals surface area contributed by atoms with Gasteiger partial charge in [-0.15, -0.1) is 0 Å². The van der Waals surface area contributed by atoms with Crippen LogP contribution in [-0.2, 0) is 0 Å². The van der Waals surface area contributed by atoms with E-state index in [-0.39, 0.29) is 10.6 Å². The summed E-state index contributed by atoms with van der Waals surface area (Å²) in [6.45, 7) is 0. The van der Waals surface area contributed by atoms with Crippen molar-refractivity contribution in [1.82, 2.24) is 4.98 Å². The summed E-state index contributed by atoms with van der Waals surface area (Å²) in [5, 5.41) is 9.61. The number of pyridine rings is 1. The first kappa shape index (κ1) is 14.1. The lowest BCUT2D eigenvalue weighted by atomic mass is 10.0. The van der Waals surface area contributed by atoms with Gasteiger partial charge in [-0.1, -0.05) is 11.6 Å². The fourth-order valence-electron chi connectivity index (χ4n) is 1.80. The van der Waals surface area contributed by atoms with Crippen molar-refractivity contribution < 1.29 is 19.6 Å². The molecule has 1 aromatic carbocycles. The van der Waals surface area contributed by atoms with Gasteiger partial charge >= 0.3 is 5.69 Å². The van der Waals surface area contributed by atoms with E-state index in [4.69, 9.17) is 21.1 Å². The van der Waals surface area contributed by atoms with Gasteiger partial charge < -0.3 is 9.47 Å². The highest BCUT2D eigenvalue weighted by Crippen LogP contribution is 2.38. The van der Waals surface area contributed by atoms with E-state index in [1.807, 2.05) is 0 Å². The smallest absolute Gasteiger partial charge is 0.324 e. The van der Waals surface area contributed by atoms with Gasteiger partial charge in [-0.25, -0.2) is 10.2 Å². The van der Waals surface area contributed by atoms with Crippen molar-refractivity contribution in [2.24, 2.45) is 0 Å². The molecule has 0 atom stereocenters. The van der Waals surface area contributed by atoms with Crippen molar-refractivity contribution in [2.45, 2.75) is 0 Å². The summed E-state index contributed by atoms with van der Waals surface area (Å²) in [6.07, 6.45) is 1.46. The molecule has 0 aliphatic carbocycles. The first-order chi connectivity index (χ1) is 9.56. The average Bonchev–Trinajstić information content (AvgIpc) is 2.46. The zero-order valence-corrected chi connectivity index (χ0v) is 11.6. The third-order valence-electron chi connectivity index (χ3n) is 2.73. The van der Waals surface area contributed by atoms with Crippen LogP contribution < -0.4 is 9.47 Å². The number of halogens is 1. The van der Waals surface area contributed by atoms with Gasteiger partial charge in [0.25, 0.3) is 4.92 Å². The van der Waals surface area contributed by atoms with Crippen LogP contribution in [0, 0.1) is 4.91 Å². The Balaban J connectivity index is 2.72. The molecule has 0 fully saturated rings. The lowest BCUT2D eigenvalue weighted by Gasteiger charge is -2.09. The monoisotopic (exact) mass is 295 g/mol. The molecule has 1 heterocycles. The highest BCUT2D eigenvalue weighted by Gasteiger charge is 2.23. The standard InChI is InChI=1S/C13H12ClN2O4/c1-19-12-7-15-13(20-2)6-10(12)9-5-8(14)3-4-11(9)16(17)18/h3-7H,1-2H3,(H,17,18)/q+1. The van der Waals surface area contributed by atoms with Crippen molar-refractivity contribution in [2.75, 3.05) is 14.2 Å². The summed E-state index contributed by atoms with van der Waals surface area (Å²) in [7, 11) is 2.95. The van der Waals surface area contributed by atoms with Crippen LogP contribution in [0.4, 0.5) is 5.69 Å². The maximum absolute atomic E-state index is 11.2. The predicted octanol–water partition coefficient (Wildman–Crippen LogP) is 3.22. The summed E-state index contributed by atoms with van der Waals surface area (Å²) in [4.78, 5) is 15.0. The van der Waals surface area contributed by atoms with E-state index in [0.717, 1.165) is 0 Å². The van der Waals surface area contributed by atoms with Gasteiger partial charge in [-0.3, -0.25) is 0 Å². The molecule has 0 saturated carbocycles. The van der Waals surface area contributed by atoms with Gasteiger partial charge in [0.1, 0.15) is 5.75 Å². The third kappa shape index (κ3) is 2.65. The summed E-state index contributed by atoms with van der Waals surface area (Å²) >= 11 is 5.95. The highest BCUT2D eigenvalue weighted by molar-refractivity contribution is 6.31. The van der Waals surface area contributed by atoms with Crippen molar-refractivity contribution in [3.63, 3.8) is 0 Å². The van der Waals surface area contributed by atoms with Crippen molar-refractivity contribution in [3.8, 4) is 22.8 Å². The number of hydrogen-bond acceptors (Lipinski definition) is 4. The molecule has 0 bridgehead atoms. The first-order valence-corrected chi connectivity index (χ1v) is 5.98. The van der Waals surface area contributed by atoms with E-state index >= 15 is 0 Å². The quantitative estimate of drug-likeness (QED) is 0.877. The Morgan fingerprint density at radius 3 is 2.55 bits per heavy atom. The van der Waals surface area contributed by atoms with Crippen LogP contribution in [0.5, 0.6) is 11.6 Å². The van der Waals surface area contributed by atoms with Crippen molar-refractivity contribution >= 4 is 17.3 Å². The Labute approximate surface area is 120 Å². The fraction of sp³-hybridized carbons (Fsp3) is 0.154. The fourth-order valence-corrected chi connectivity index (χ4v) is 1.97. The van der Waals surface area contributed by atoms with Gasteiger partial charge in [-0.2, -0.15) is 0 Å². The number of methoxy groups -OCH3 is 2. The summed E-state index contributed by atoms with van der Waals surface area (Å²) in [6, 6.07) is 6.07. The van der Waals surface area contributed by atoms with Gasteiger partial charge in [0.05, 0.1) is 30.9 Å². The molecule has 6 nitrogen and oxygen atoms in total. The summed E-state index contributed by atoms with van der Waals surface area (Å²) < 4.78 is 10.3. The molecular formula is C13H12ClN2O4+. The number of ether oxygens (including phenoxy) is 2. The van der Waals surface area contributed by atoms with Gasteiger partial charge in [0.15, 0.2) is 0 Å². The number of aromatic nitrogens is 1. The molecule has 0 unspecified atom stereocenters. The molecule has 0 aliphatic rings. The van der Waals surface area contributed by atoms with E-state index in [2.05, 4.69) is 4.98 Å². The minimum Gasteiger partial charge on any atom is -0.494 e. The van der Waals surface area contributed by atoms with E-state index in [9.17, 15) is 10.1 Å². The molecular weight excluding hydrogens is 284 g/mol. The second-order valence-corrected chi connectivity index (χ2v) is 4.30. The van der Waals surface area contributed by atoms with Gasteiger partial charge in [0.2, 0.25) is 5.88 Å². The molecule has 104 valence electrons. The second-order valence-electron chi connectivity index (χ2n) is 3.86. The normalized spacial score (nSPS) is 10.2. The third-order valence-corrected chi connectivity index (χ3v) is 2.96. The maximum Gasteiger partial charge on any atom is 0.324 e. The lowest BCUT2D eigenvalue weighted by Crippen LogP contribution is -1.98. The Hall–Kier alpha value is -2.34. The number of nitrogens with zero attached hydrogens (tertiary/aromatic N) is 2. The van der Waals surface area contributed by atoms with Crippen LogP contribution in [-0.4, -0.2) is 29.3 Å². The van der Waals surface area contributed by atoms with Crippen LogP contribution in [0.2, 0.25) is 5.02 Å². The summed E-state index contributed by atoms with van der Waals surface area (Å²) in [5.41, 5.74) is 0.986. The van der Waals surface area contributed by atoms with Crippen LogP contribution in [0.15, 0.2) is 30.5 Å². The van der Waals surface area contributed by atoms with E-state index in [1.54, 1.807) is 12.1 Å². The molecule has 1 aromatic heterocycles. The molecule has 0 aliphatic heterocycles. The van der Waals surface area contributed by atoms with Crippen molar-refractivity contribution in [1.29, 1.82) is 0 Å². The zero-order chi connectivity index (χ0) is 14.7. The largest absolute Gasteiger partial charge is 0.494 e. The van der Waals surface area contributed by atoms with E-state index < -0.39 is 0 Å². The molecule has 1 N–H and O–H groups in total. The highest BCUT2D eigenvalue weighted by atomic mass is 35.5. The topological polar surface area (TPSA) is 71.7 Å². The average molecular weight is 296 g/mol. The van der Waals surface area contributed by atoms with Gasteiger partial charge in [0, 0.05) is 22.7 Å². The molecule has 2 aromatic rings. The molecule has 20 heavy (non-hydrogen) atoms. The minimum absolute atomic E-state index is 0.0425. The molecule has 0 radical (unpaired) electrons. The number of rotatable bonds is 4. The Morgan fingerprint density at radius 1 is 1.20 bits per heavy atom. The SMILES string of the molecule is COc1cc(-c2cc(Cl)ccc2[N+](=O)O)c(OC)cn1. The van der Waals surface area contributed by atoms with Crippen LogP contribution >= 0.6 is 11.6 Å². The van der Waals surface area contributed by atoms with Crippen LogP contribution in [0.1, 0.15) is 0 Å². The predicted molar refractivity (Wildman–Crippen MR) is 72.9 cm³/mol. The molecule has 0 saturated heterocycles. The Kier molecular flexibility index (Phi) is 4.05. The number of benzene rings is 1. The maximum atomic E-state index is 11.2. The van der Waals surface area contributed by atoms with Gasteiger partial charge in [-0.05, 0) is 12.1 Å². The number of hydrogen-bond donors (Lipinski definition) is 1. The Morgan fingerprint density at radius 2 is 1.95 bits per heavy atom. The van der Waals surface area contributed by atoms with E-state index in [1.165, 1.54) is 32.5 Å². The molecule has 0 amide bonds. The van der Waals surface area contributed by atoms with Crippen LogP contribution in [0.25, 0.3) is 11.1 Å². The van der Waals surface area contributed by atoms with Crippen LogP contribution in [0.3, 0.4) is 0 Å². The molecule has 7 heteroatoms. The zero-order valence-electron chi connectivity index (χ0n) is 10.8. The first-order valence-electron chi connectivity index (χ1n) is 5.61. The molecule has 0 spiro atoms.